The van der Waals surface area contributed by atoms with Gasteiger partial charge in [0.1, 0.15) is 5.76 Å². The quantitative estimate of drug-likeness (QED) is 0.529. The summed E-state index contributed by atoms with van der Waals surface area (Å²) in [7, 11) is 0. The Bertz CT molecular complexity index is 171. The van der Waals surface area contributed by atoms with Gasteiger partial charge in [-0.1, -0.05) is 20.8 Å². The molecule has 0 aliphatic rings. The molecule has 0 radical (unpaired) electrons. The van der Waals surface area contributed by atoms with Gasteiger partial charge < -0.3 is 4.42 Å². The average Bonchev–Trinajstić information content (AvgIpc) is 2.08. The minimum absolute atomic E-state index is 0.0938. The first-order valence-corrected chi connectivity index (χ1v) is 2.99. The fourth-order valence-corrected chi connectivity index (χ4v) is 0.586. The van der Waals surface area contributed by atoms with Crippen LogP contribution in [0.4, 0.5) is 0 Å². The van der Waals surface area contributed by atoms with E-state index in [1.54, 1.807) is 6.20 Å². The lowest BCUT2D eigenvalue weighted by molar-refractivity contribution is 0.408. The SMILES string of the molecule is CC(C)(C)c1cnco1. The molecule has 1 aromatic heterocycles. The highest BCUT2D eigenvalue weighted by molar-refractivity contribution is 5.02. The van der Waals surface area contributed by atoms with Gasteiger partial charge in [-0.2, -0.15) is 0 Å². The van der Waals surface area contributed by atoms with E-state index in [1.807, 2.05) is 0 Å². The lowest BCUT2D eigenvalue weighted by atomic mass is 9.94. The molecule has 2 nitrogen and oxygen atoms in total. The van der Waals surface area contributed by atoms with E-state index in [9.17, 15) is 0 Å². The highest BCUT2D eigenvalue weighted by Gasteiger charge is 2.16. The van der Waals surface area contributed by atoms with E-state index >= 15 is 0 Å². The molecule has 0 saturated carbocycles. The zero-order valence-corrected chi connectivity index (χ0v) is 6.01. The van der Waals surface area contributed by atoms with Crippen molar-refractivity contribution >= 4 is 0 Å². The molecule has 0 aliphatic carbocycles. The minimum atomic E-state index is 0.0938. The summed E-state index contributed by atoms with van der Waals surface area (Å²) in [5, 5.41) is 0. The number of hydrogen-bond acceptors (Lipinski definition) is 2. The summed E-state index contributed by atoms with van der Waals surface area (Å²) in [6, 6.07) is 0. The molecule has 1 heterocycles. The Balaban J connectivity index is 2.90. The van der Waals surface area contributed by atoms with Crippen LogP contribution in [0.5, 0.6) is 0 Å². The molecule has 1 aromatic rings. The summed E-state index contributed by atoms with van der Waals surface area (Å²) in [5.74, 6) is 0.933. The average molecular weight is 125 g/mol. The van der Waals surface area contributed by atoms with Gasteiger partial charge in [0.2, 0.25) is 0 Å². The molecule has 9 heavy (non-hydrogen) atoms. The summed E-state index contributed by atoms with van der Waals surface area (Å²) >= 11 is 0. The third-order valence-electron chi connectivity index (χ3n) is 1.17. The van der Waals surface area contributed by atoms with Crippen LogP contribution in [-0.4, -0.2) is 4.98 Å². The number of oxazole rings is 1. The molecule has 0 atom stereocenters. The van der Waals surface area contributed by atoms with E-state index in [0.717, 1.165) is 5.76 Å². The van der Waals surface area contributed by atoms with Crippen LogP contribution in [0.3, 0.4) is 0 Å². The third kappa shape index (κ3) is 1.31. The smallest absolute Gasteiger partial charge is 0.180 e. The van der Waals surface area contributed by atoms with Crippen LogP contribution in [0.15, 0.2) is 17.0 Å². The van der Waals surface area contributed by atoms with Crippen molar-refractivity contribution in [3.8, 4) is 0 Å². The van der Waals surface area contributed by atoms with Crippen molar-refractivity contribution in [1.29, 1.82) is 0 Å². The van der Waals surface area contributed by atoms with Gasteiger partial charge in [-0.3, -0.25) is 0 Å². The fraction of sp³-hybridized carbons (Fsp3) is 0.571. The highest BCUT2D eigenvalue weighted by Crippen LogP contribution is 2.20. The van der Waals surface area contributed by atoms with Crippen molar-refractivity contribution in [2.24, 2.45) is 0 Å². The standard InChI is InChI=1S/C7H11NO/c1-7(2,3)6-4-8-5-9-6/h4-5H,1-3H3. The molecule has 2 heteroatoms. The molecule has 0 spiro atoms. The Hall–Kier alpha value is -0.790. The second-order valence-electron chi connectivity index (χ2n) is 3.12. The van der Waals surface area contributed by atoms with Crippen molar-refractivity contribution in [3.05, 3.63) is 18.4 Å². The number of hydrogen-bond donors (Lipinski definition) is 0. The third-order valence-corrected chi connectivity index (χ3v) is 1.17. The van der Waals surface area contributed by atoms with Crippen LogP contribution in [0.1, 0.15) is 26.5 Å². The molecule has 50 valence electrons. The Morgan fingerprint density at radius 1 is 1.44 bits per heavy atom. The monoisotopic (exact) mass is 125 g/mol. The first-order valence-electron chi connectivity index (χ1n) is 2.99. The van der Waals surface area contributed by atoms with Crippen LogP contribution in [0.25, 0.3) is 0 Å². The highest BCUT2D eigenvalue weighted by atomic mass is 16.3. The van der Waals surface area contributed by atoms with Gasteiger partial charge in [-0.15, -0.1) is 0 Å². The second kappa shape index (κ2) is 1.87. The summed E-state index contributed by atoms with van der Waals surface area (Å²) in [5.41, 5.74) is 0.0938. The number of rotatable bonds is 0. The lowest BCUT2D eigenvalue weighted by Crippen LogP contribution is -2.08. The summed E-state index contributed by atoms with van der Waals surface area (Å²) in [6.45, 7) is 6.27. The Kier molecular flexibility index (Phi) is 1.31. The first-order chi connectivity index (χ1) is 4.11. The van der Waals surface area contributed by atoms with Gasteiger partial charge in [0.25, 0.3) is 0 Å². The van der Waals surface area contributed by atoms with Gasteiger partial charge in [0, 0.05) is 5.41 Å². The molecule has 0 aliphatic heterocycles. The maximum absolute atomic E-state index is 5.09. The largest absolute Gasteiger partial charge is 0.448 e. The predicted molar refractivity (Wildman–Crippen MR) is 35.2 cm³/mol. The van der Waals surface area contributed by atoms with Crippen LogP contribution in [0, 0.1) is 0 Å². The van der Waals surface area contributed by atoms with E-state index in [0.29, 0.717) is 0 Å². The van der Waals surface area contributed by atoms with Gasteiger partial charge in [0.05, 0.1) is 6.20 Å². The van der Waals surface area contributed by atoms with E-state index in [1.165, 1.54) is 6.39 Å². The van der Waals surface area contributed by atoms with Crippen LogP contribution in [0.2, 0.25) is 0 Å². The molecule has 0 N–H and O–H groups in total. The molecule has 0 bridgehead atoms. The fourth-order valence-electron chi connectivity index (χ4n) is 0.586. The van der Waals surface area contributed by atoms with Gasteiger partial charge in [-0.25, -0.2) is 4.98 Å². The number of nitrogens with zero attached hydrogens (tertiary/aromatic N) is 1. The van der Waals surface area contributed by atoms with Crippen LogP contribution >= 0.6 is 0 Å². The Morgan fingerprint density at radius 2 is 2.11 bits per heavy atom. The summed E-state index contributed by atoms with van der Waals surface area (Å²) in [4.78, 5) is 3.82. The molecule has 0 saturated heterocycles. The molecule has 1 rings (SSSR count). The predicted octanol–water partition coefficient (Wildman–Crippen LogP) is 1.97. The second-order valence-corrected chi connectivity index (χ2v) is 3.12. The Labute approximate surface area is 54.9 Å². The summed E-state index contributed by atoms with van der Waals surface area (Å²) < 4.78 is 5.09. The van der Waals surface area contributed by atoms with Crippen LogP contribution in [-0.2, 0) is 5.41 Å². The molecule has 0 aromatic carbocycles. The molecule has 0 unspecified atom stereocenters. The molecular weight excluding hydrogens is 114 g/mol. The lowest BCUT2D eigenvalue weighted by Gasteiger charge is -2.12. The van der Waals surface area contributed by atoms with E-state index in [2.05, 4.69) is 25.8 Å². The zero-order chi connectivity index (χ0) is 6.91. The zero-order valence-electron chi connectivity index (χ0n) is 6.01. The van der Waals surface area contributed by atoms with E-state index in [4.69, 9.17) is 4.42 Å². The van der Waals surface area contributed by atoms with Gasteiger partial charge >= 0.3 is 0 Å². The van der Waals surface area contributed by atoms with E-state index in [-0.39, 0.29) is 5.41 Å². The van der Waals surface area contributed by atoms with Crippen molar-refractivity contribution in [1.82, 2.24) is 4.98 Å². The maximum atomic E-state index is 5.09. The molecular formula is C7H11NO. The van der Waals surface area contributed by atoms with Crippen molar-refractivity contribution < 1.29 is 4.42 Å². The Morgan fingerprint density at radius 3 is 2.33 bits per heavy atom. The first kappa shape index (κ1) is 6.33. The van der Waals surface area contributed by atoms with Gasteiger partial charge in [0.15, 0.2) is 6.39 Å². The van der Waals surface area contributed by atoms with Crippen molar-refractivity contribution in [2.45, 2.75) is 26.2 Å². The minimum Gasteiger partial charge on any atom is -0.448 e. The van der Waals surface area contributed by atoms with E-state index < -0.39 is 0 Å². The van der Waals surface area contributed by atoms with Crippen LogP contribution < -0.4 is 0 Å². The molecule has 0 amide bonds. The van der Waals surface area contributed by atoms with Crippen molar-refractivity contribution in [3.63, 3.8) is 0 Å². The normalized spacial score (nSPS) is 11.9. The number of aromatic nitrogens is 1. The van der Waals surface area contributed by atoms with Crippen molar-refractivity contribution in [2.75, 3.05) is 0 Å². The molecule has 0 fully saturated rings. The topological polar surface area (TPSA) is 26.0 Å². The summed E-state index contributed by atoms with van der Waals surface area (Å²) in [6.07, 6.45) is 3.21. The van der Waals surface area contributed by atoms with Gasteiger partial charge in [-0.05, 0) is 0 Å². The maximum Gasteiger partial charge on any atom is 0.180 e.